The normalized spacial score (nSPS) is 12.4. The minimum atomic E-state index is -1.21. The monoisotopic (exact) mass is 766 g/mol. The molecule has 6 rings (SSSR count). The number of nitrogens with one attached hydrogen (secondary N) is 2. The summed E-state index contributed by atoms with van der Waals surface area (Å²) in [7, 11) is 0. The average Bonchev–Trinajstić information content (AvgIpc) is 3.24. The summed E-state index contributed by atoms with van der Waals surface area (Å²) in [4.78, 5) is 35.9. The Hall–Kier alpha value is -7.25. The number of carboxylic acid groups (broad SMARTS) is 2. The number of hydrogen-bond donors (Lipinski definition) is 4. The fourth-order valence-electron chi connectivity index (χ4n) is 7.25. The van der Waals surface area contributed by atoms with Crippen molar-refractivity contribution in [2.45, 2.75) is 39.5 Å². The van der Waals surface area contributed by atoms with Crippen molar-refractivity contribution in [1.82, 2.24) is 0 Å². The van der Waals surface area contributed by atoms with E-state index in [1.54, 1.807) is 0 Å². The largest absolute Gasteiger partial charge is 0.478 e. The first-order valence-corrected chi connectivity index (χ1v) is 19.1. The molecule has 7 heteroatoms. The van der Waals surface area contributed by atoms with E-state index in [0.717, 1.165) is 79.2 Å². The molecule has 1 unspecified atom stereocenters. The Labute approximate surface area is 339 Å². The minimum absolute atomic E-state index is 0.533. The Morgan fingerprint density at radius 1 is 0.552 bits per heavy atom. The second-order valence-electron chi connectivity index (χ2n) is 14.3. The van der Waals surface area contributed by atoms with Crippen LogP contribution in [0, 0.1) is 0 Å². The summed E-state index contributed by atoms with van der Waals surface area (Å²) in [5.41, 5.74) is 11.8. The van der Waals surface area contributed by atoms with Crippen molar-refractivity contribution >= 4 is 29.2 Å². The summed E-state index contributed by atoms with van der Waals surface area (Å²) in [6, 6.07) is 51.1. The third-order valence-electron chi connectivity index (χ3n) is 10.3. The molecule has 58 heavy (non-hydrogen) atoms. The highest BCUT2D eigenvalue weighted by molar-refractivity contribution is 6.04. The van der Waals surface area contributed by atoms with Crippen LogP contribution in [0.5, 0.6) is 0 Å². The second kappa shape index (κ2) is 18.1. The third-order valence-corrected chi connectivity index (χ3v) is 10.3. The molecule has 0 radical (unpaired) electrons. The van der Waals surface area contributed by atoms with Gasteiger partial charge in [-0.15, -0.1) is 0 Å². The van der Waals surface area contributed by atoms with Gasteiger partial charge in [-0.25, -0.2) is 9.59 Å². The SMILES string of the molecule is CC/C(=C\C(=O)O)C(Nc1ccc(C(C)(c2ccc(-c3ccccc3)cc2)c2ccc(NC(=O)/C=C/C(=O)O)c(-c3ccccc3)c2)cc1-c1ccccc1)=C(C)C. The number of carboxylic acids is 2. The summed E-state index contributed by atoms with van der Waals surface area (Å²) < 4.78 is 0. The molecule has 0 saturated heterocycles. The van der Waals surface area contributed by atoms with E-state index >= 15 is 0 Å². The summed E-state index contributed by atoms with van der Waals surface area (Å²) in [5, 5.41) is 25.3. The van der Waals surface area contributed by atoms with Crippen LogP contribution in [0.1, 0.15) is 50.8 Å². The molecule has 0 aliphatic carbocycles. The van der Waals surface area contributed by atoms with Gasteiger partial charge < -0.3 is 20.8 Å². The van der Waals surface area contributed by atoms with Crippen molar-refractivity contribution in [3.8, 4) is 33.4 Å². The van der Waals surface area contributed by atoms with E-state index in [1.165, 1.54) is 6.08 Å². The highest BCUT2D eigenvalue weighted by Crippen LogP contribution is 2.45. The van der Waals surface area contributed by atoms with Crippen LogP contribution in [0.15, 0.2) is 187 Å². The number of carbonyl (C=O) groups is 3. The molecule has 0 aromatic heterocycles. The van der Waals surface area contributed by atoms with Crippen molar-refractivity contribution in [3.63, 3.8) is 0 Å². The van der Waals surface area contributed by atoms with Crippen LogP contribution in [0.4, 0.5) is 11.4 Å². The van der Waals surface area contributed by atoms with Gasteiger partial charge in [-0.1, -0.05) is 140 Å². The van der Waals surface area contributed by atoms with Gasteiger partial charge >= 0.3 is 11.9 Å². The highest BCUT2D eigenvalue weighted by Gasteiger charge is 2.33. The lowest BCUT2D eigenvalue weighted by Gasteiger charge is -2.34. The van der Waals surface area contributed by atoms with Gasteiger partial charge in [0.2, 0.25) is 5.91 Å². The van der Waals surface area contributed by atoms with E-state index in [4.69, 9.17) is 5.11 Å². The van der Waals surface area contributed by atoms with E-state index in [-0.39, 0.29) is 0 Å². The first-order chi connectivity index (χ1) is 28.0. The van der Waals surface area contributed by atoms with E-state index < -0.39 is 23.3 Å². The number of allylic oxidation sites excluding steroid dienone is 2. The summed E-state index contributed by atoms with van der Waals surface area (Å²) in [6.45, 7) is 8.09. The predicted octanol–water partition coefficient (Wildman–Crippen LogP) is 11.7. The van der Waals surface area contributed by atoms with Crippen molar-refractivity contribution in [3.05, 3.63) is 203 Å². The Kier molecular flexibility index (Phi) is 12.6. The predicted molar refractivity (Wildman–Crippen MR) is 235 cm³/mol. The lowest BCUT2D eigenvalue weighted by molar-refractivity contribution is -0.132. The zero-order valence-corrected chi connectivity index (χ0v) is 33.0. The maximum atomic E-state index is 12.9. The molecule has 0 spiro atoms. The van der Waals surface area contributed by atoms with Gasteiger partial charge in [0.05, 0.1) is 0 Å². The third kappa shape index (κ3) is 9.23. The highest BCUT2D eigenvalue weighted by atomic mass is 16.4. The van der Waals surface area contributed by atoms with Gasteiger partial charge in [0.1, 0.15) is 0 Å². The number of benzene rings is 6. The first kappa shape index (κ1) is 40.4. The number of hydrogen-bond acceptors (Lipinski definition) is 4. The van der Waals surface area contributed by atoms with Crippen LogP contribution >= 0.6 is 0 Å². The Morgan fingerprint density at radius 2 is 1.00 bits per heavy atom. The molecule has 4 N–H and O–H groups in total. The Balaban J connectivity index is 1.58. The number of aliphatic carboxylic acids is 2. The topological polar surface area (TPSA) is 116 Å². The van der Waals surface area contributed by atoms with E-state index in [9.17, 15) is 19.5 Å². The Morgan fingerprint density at radius 3 is 1.45 bits per heavy atom. The zero-order chi connectivity index (χ0) is 41.2. The van der Waals surface area contributed by atoms with Crippen LogP contribution in [-0.2, 0) is 19.8 Å². The van der Waals surface area contributed by atoms with Gasteiger partial charge in [-0.2, -0.15) is 0 Å². The molecular formula is C51H46N2O5. The van der Waals surface area contributed by atoms with Gasteiger partial charge in [0, 0.05) is 51.8 Å². The molecule has 0 saturated carbocycles. The van der Waals surface area contributed by atoms with Gasteiger partial charge in [0.25, 0.3) is 0 Å². The fraction of sp³-hybridized carbons (Fsp3) is 0.118. The van der Waals surface area contributed by atoms with E-state index in [2.05, 4.69) is 90.4 Å². The quantitative estimate of drug-likeness (QED) is 0.0498. The summed E-state index contributed by atoms with van der Waals surface area (Å²) in [5.74, 6) is -2.76. The lowest BCUT2D eigenvalue weighted by Crippen LogP contribution is -2.26. The van der Waals surface area contributed by atoms with Gasteiger partial charge in [0.15, 0.2) is 0 Å². The molecule has 0 aliphatic rings. The number of carbonyl (C=O) groups excluding carboxylic acids is 1. The van der Waals surface area contributed by atoms with Crippen LogP contribution in [0.3, 0.4) is 0 Å². The maximum absolute atomic E-state index is 12.9. The van der Waals surface area contributed by atoms with Crippen LogP contribution < -0.4 is 10.6 Å². The van der Waals surface area contributed by atoms with Crippen molar-refractivity contribution in [1.29, 1.82) is 0 Å². The number of amides is 1. The van der Waals surface area contributed by atoms with Crippen molar-refractivity contribution in [2.24, 2.45) is 0 Å². The standard InChI is InChI=1S/C51H46N2O5/c1-5-35(31-49(57)58)50(34(2)3)53-46-28-26-42(33-44(46)39-19-13-8-14-20-39)51(4,40-23-21-37(22-24-40)36-15-9-6-10-16-36)41-25-27-45(52-47(54)29-30-48(55)56)43(32-41)38-17-11-7-12-18-38/h6-33,53H,5H2,1-4H3,(H,52,54)(H,55,56)(H,57,58)/b30-29+,35-31+. The molecule has 0 fully saturated rings. The van der Waals surface area contributed by atoms with E-state index in [0.29, 0.717) is 17.7 Å². The molecule has 6 aromatic rings. The molecule has 1 amide bonds. The second-order valence-corrected chi connectivity index (χ2v) is 14.3. The minimum Gasteiger partial charge on any atom is -0.478 e. The van der Waals surface area contributed by atoms with Crippen LogP contribution in [-0.4, -0.2) is 28.1 Å². The zero-order valence-electron chi connectivity index (χ0n) is 33.0. The van der Waals surface area contributed by atoms with Crippen LogP contribution in [0.25, 0.3) is 33.4 Å². The molecule has 1 atom stereocenters. The molecular weight excluding hydrogens is 721 g/mol. The van der Waals surface area contributed by atoms with Crippen molar-refractivity contribution in [2.75, 3.05) is 10.6 Å². The van der Waals surface area contributed by atoms with Gasteiger partial charge in [-0.3, -0.25) is 4.79 Å². The molecule has 7 nitrogen and oxygen atoms in total. The van der Waals surface area contributed by atoms with E-state index in [1.807, 2.05) is 99.6 Å². The summed E-state index contributed by atoms with van der Waals surface area (Å²) in [6.07, 6.45) is 3.62. The molecule has 0 bridgehead atoms. The molecule has 6 aromatic carbocycles. The molecule has 0 heterocycles. The van der Waals surface area contributed by atoms with Crippen LogP contribution in [0.2, 0.25) is 0 Å². The average molecular weight is 767 g/mol. The van der Waals surface area contributed by atoms with Gasteiger partial charge in [-0.05, 0) is 96.0 Å². The fourth-order valence-corrected chi connectivity index (χ4v) is 7.25. The first-order valence-electron chi connectivity index (χ1n) is 19.1. The Bertz CT molecular complexity index is 2520. The molecule has 0 aliphatic heterocycles. The maximum Gasteiger partial charge on any atom is 0.328 e. The lowest BCUT2D eigenvalue weighted by atomic mass is 9.69. The molecule has 290 valence electrons. The summed E-state index contributed by atoms with van der Waals surface area (Å²) >= 11 is 0. The number of rotatable bonds is 14. The van der Waals surface area contributed by atoms with Crippen molar-refractivity contribution < 1.29 is 24.6 Å². The number of anilines is 2. The smallest absolute Gasteiger partial charge is 0.328 e.